The van der Waals surface area contributed by atoms with E-state index in [4.69, 9.17) is 4.74 Å². The third-order valence-corrected chi connectivity index (χ3v) is 5.87. The zero-order valence-corrected chi connectivity index (χ0v) is 15.0. The van der Waals surface area contributed by atoms with Gasteiger partial charge >= 0.3 is 0 Å². The summed E-state index contributed by atoms with van der Waals surface area (Å²) in [6, 6.07) is 16.3. The summed E-state index contributed by atoms with van der Waals surface area (Å²) < 4.78 is 5.47. The fourth-order valence-corrected chi connectivity index (χ4v) is 4.24. The lowest BCUT2D eigenvalue weighted by molar-refractivity contribution is 0.217. The van der Waals surface area contributed by atoms with Gasteiger partial charge in [-0.25, -0.2) is 0 Å². The lowest BCUT2D eigenvalue weighted by Gasteiger charge is -2.42. The summed E-state index contributed by atoms with van der Waals surface area (Å²) in [6.45, 7) is 4.67. The zero-order chi connectivity index (χ0) is 17.2. The van der Waals surface area contributed by atoms with E-state index in [1.807, 2.05) is 18.2 Å². The molecule has 0 atom stereocenters. The molecule has 3 rings (SSSR count). The maximum Gasteiger partial charge on any atom is 0.119 e. The van der Waals surface area contributed by atoms with Crippen molar-refractivity contribution in [1.29, 1.82) is 0 Å². The molecule has 0 aliphatic heterocycles. The Kier molecular flexibility index (Phi) is 4.84. The molecule has 128 valence electrons. The second kappa shape index (κ2) is 6.88. The quantitative estimate of drug-likeness (QED) is 0.801. The molecule has 0 amide bonds. The number of hydrogen-bond donors (Lipinski definition) is 1. The van der Waals surface area contributed by atoms with Crippen molar-refractivity contribution in [3.05, 3.63) is 59.7 Å². The maximum absolute atomic E-state index is 9.69. The van der Waals surface area contributed by atoms with E-state index in [9.17, 15) is 5.11 Å². The molecule has 0 bridgehead atoms. The Morgan fingerprint density at radius 1 is 1.00 bits per heavy atom. The van der Waals surface area contributed by atoms with Crippen LogP contribution in [-0.2, 0) is 5.41 Å². The molecule has 1 aliphatic carbocycles. The Bertz CT molecular complexity index is 665. The molecule has 1 saturated carbocycles. The predicted octanol–water partition coefficient (Wildman–Crippen LogP) is 5.53. The van der Waals surface area contributed by atoms with E-state index < -0.39 is 0 Å². The first-order valence-electron chi connectivity index (χ1n) is 8.99. The van der Waals surface area contributed by atoms with Crippen molar-refractivity contribution < 1.29 is 9.84 Å². The van der Waals surface area contributed by atoms with E-state index in [1.165, 1.54) is 24.0 Å². The molecular weight excluding hydrogens is 296 g/mol. The van der Waals surface area contributed by atoms with E-state index in [2.05, 4.69) is 44.2 Å². The van der Waals surface area contributed by atoms with Crippen molar-refractivity contribution in [2.24, 2.45) is 11.8 Å². The molecule has 2 aromatic carbocycles. The first-order valence-corrected chi connectivity index (χ1v) is 8.99. The third kappa shape index (κ3) is 3.15. The van der Waals surface area contributed by atoms with Crippen molar-refractivity contribution >= 4 is 0 Å². The van der Waals surface area contributed by atoms with Gasteiger partial charge in [0, 0.05) is 5.41 Å². The molecule has 0 spiro atoms. The highest BCUT2D eigenvalue weighted by atomic mass is 16.5. The number of aromatic hydroxyl groups is 1. The number of hydrogen-bond acceptors (Lipinski definition) is 2. The first kappa shape index (κ1) is 16.9. The van der Waals surface area contributed by atoms with E-state index in [0.717, 1.165) is 30.4 Å². The van der Waals surface area contributed by atoms with Gasteiger partial charge in [0.2, 0.25) is 0 Å². The summed E-state index contributed by atoms with van der Waals surface area (Å²) in [7, 11) is 1.72. The Morgan fingerprint density at radius 3 is 2.25 bits per heavy atom. The van der Waals surface area contributed by atoms with Gasteiger partial charge in [-0.15, -0.1) is 0 Å². The minimum Gasteiger partial charge on any atom is -0.508 e. The van der Waals surface area contributed by atoms with Crippen LogP contribution in [0.5, 0.6) is 11.5 Å². The van der Waals surface area contributed by atoms with Crippen LogP contribution in [-0.4, -0.2) is 12.2 Å². The highest BCUT2D eigenvalue weighted by Crippen LogP contribution is 2.48. The maximum atomic E-state index is 9.69. The van der Waals surface area contributed by atoms with Crippen molar-refractivity contribution in [1.82, 2.24) is 0 Å². The van der Waals surface area contributed by atoms with Crippen LogP contribution >= 0.6 is 0 Å². The van der Waals surface area contributed by atoms with E-state index >= 15 is 0 Å². The minimum absolute atomic E-state index is 0.0215. The number of phenols is 1. The Hall–Kier alpha value is -1.96. The Morgan fingerprint density at radius 2 is 1.67 bits per heavy atom. The molecule has 1 aliphatic rings. The van der Waals surface area contributed by atoms with Gasteiger partial charge in [0.1, 0.15) is 11.5 Å². The smallest absolute Gasteiger partial charge is 0.119 e. The number of rotatable bonds is 4. The number of methoxy groups -OCH3 is 1. The summed E-state index contributed by atoms with van der Waals surface area (Å²) in [6.07, 6.45) is 4.78. The van der Waals surface area contributed by atoms with Gasteiger partial charge < -0.3 is 9.84 Å². The van der Waals surface area contributed by atoms with Crippen LogP contribution in [0, 0.1) is 11.8 Å². The molecule has 2 aromatic rings. The molecule has 2 heteroatoms. The molecule has 0 aromatic heterocycles. The van der Waals surface area contributed by atoms with Crippen molar-refractivity contribution in [2.45, 2.75) is 44.9 Å². The van der Waals surface area contributed by atoms with Gasteiger partial charge in [0.05, 0.1) is 7.11 Å². The average Bonchev–Trinajstić information content (AvgIpc) is 2.62. The van der Waals surface area contributed by atoms with E-state index in [1.54, 1.807) is 7.11 Å². The highest BCUT2D eigenvalue weighted by Gasteiger charge is 2.39. The van der Waals surface area contributed by atoms with Crippen molar-refractivity contribution in [3.8, 4) is 11.5 Å². The molecule has 2 nitrogen and oxygen atoms in total. The molecule has 0 saturated heterocycles. The van der Waals surface area contributed by atoms with Crippen LogP contribution in [0.2, 0.25) is 0 Å². The van der Waals surface area contributed by atoms with Crippen LogP contribution in [0.15, 0.2) is 48.5 Å². The second-order valence-corrected chi connectivity index (χ2v) is 7.44. The fraction of sp³-hybridized carbons (Fsp3) is 0.455. The molecule has 24 heavy (non-hydrogen) atoms. The number of phenolic OH excluding ortho intramolecular Hbond substituents is 1. The van der Waals surface area contributed by atoms with Crippen LogP contribution in [0.4, 0.5) is 0 Å². The van der Waals surface area contributed by atoms with Gasteiger partial charge in [-0.2, -0.15) is 0 Å². The predicted molar refractivity (Wildman–Crippen MR) is 98.7 cm³/mol. The van der Waals surface area contributed by atoms with Gasteiger partial charge in [-0.1, -0.05) is 38.1 Å². The first-order chi connectivity index (χ1) is 11.5. The Labute approximate surface area is 145 Å². The lowest BCUT2D eigenvalue weighted by Crippen LogP contribution is -2.34. The van der Waals surface area contributed by atoms with E-state index in [0.29, 0.717) is 5.75 Å². The normalized spacial score (nSPS) is 24.1. The SMILES string of the molecule is COc1cccc([C@]2(c3ccc(O)cc3)CC[C@@H](C(C)C)CC2)c1. The Balaban J connectivity index is 2.02. The standard InChI is InChI=1S/C22H28O2/c1-16(2)17-11-13-22(14-12-17,18-7-9-20(23)10-8-18)19-5-4-6-21(15-19)24-3/h4-10,15-17,23H,11-14H2,1-3H3/t17-,22-. The molecule has 0 heterocycles. The summed E-state index contributed by atoms with van der Waals surface area (Å²) in [4.78, 5) is 0. The average molecular weight is 324 g/mol. The summed E-state index contributed by atoms with van der Waals surface area (Å²) in [5, 5.41) is 9.69. The molecule has 1 fully saturated rings. The summed E-state index contributed by atoms with van der Waals surface area (Å²) in [5.41, 5.74) is 2.65. The number of ether oxygens (including phenoxy) is 1. The lowest BCUT2D eigenvalue weighted by atomic mass is 9.61. The van der Waals surface area contributed by atoms with Crippen molar-refractivity contribution in [2.75, 3.05) is 7.11 Å². The van der Waals surface area contributed by atoms with Crippen molar-refractivity contribution in [3.63, 3.8) is 0 Å². The zero-order valence-electron chi connectivity index (χ0n) is 15.0. The van der Waals surface area contributed by atoms with Gasteiger partial charge in [-0.05, 0) is 72.9 Å². The van der Waals surface area contributed by atoms with Gasteiger partial charge in [-0.3, -0.25) is 0 Å². The number of benzene rings is 2. The monoisotopic (exact) mass is 324 g/mol. The van der Waals surface area contributed by atoms with Gasteiger partial charge in [0.25, 0.3) is 0 Å². The van der Waals surface area contributed by atoms with E-state index in [-0.39, 0.29) is 5.41 Å². The molecule has 0 unspecified atom stereocenters. The van der Waals surface area contributed by atoms with Crippen LogP contribution in [0.1, 0.15) is 50.7 Å². The minimum atomic E-state index is 0.0215. The topological polar surface area (TPSA) is 29.5 Å². The highest BCUT2D eigenvalue weighted by molar-refractivity contribution is 5.44. The van der Waals surface area contributed by atoms with Crippen LogP contribution in [0.3, 0.4) is 0 Å². The van der Waals surface area contributed by atoms with Gasteiger partial charge in [0.15, 0.2) is 0 Å². The van der Waals surface area contributed by atoms with Crippen LogP contribution < -0.4 is 4.74 Å². The fourth-order valence-electron chi connectivity index (χ4n) is 4.24. The summed E-state index contributed by atoms with van der Waals surface area (Å²) >= 11 is 0. The van der Waals surface area contributed by atoms with Crippen LogP contribution in [0.25, 0.3) is 0 Å². The largest absolute Gasteiger partial charge is 0.508 e. The second-order valence-electron chi connectivity index (χ2n) is 7.44. The molecule has 1 N–H and O–H groups in total. The third-order valence-electron chi connectivity index (χ3n) is 5.87. The molecule has 0 radical (unpaired) electrons. The summed E-state index contributed by atoms with van der Waals surface area (Å²) in [5.74, 6) is 2.79. The molecular formula is C22H28O2.